The summed E-state index contributed by atoms with van der Waals surface area (Å²) in [7, 11) is 0. The van der Waals surface area contributed by atoms with Crippen molar-refractivity contribution < 1.29 is 0 Å². The van der Waals surface area contributed by atoms with Crippen LogP contribution in [0.15, 0.2) is 0 Å². The van der Waals surface area contributed by atoms with E-state index in [1.165, 1.54) is 83.8 Å². The van der Waals surface area contributed by atoms with Crippen LogP contribution in [0.3, 0.4) is 0 Å². The van der Waals surface area contributed by atoms with Gasteiger partial charge in [-0.15, -0.1) is 0 Å². The Balaban J connectivity index is 1.55. The highest BCUT2D eigenvalue weighted by atomic mass is 15.2. The minimum atomic E-state index is 0.818. The predicted molar refractivity (Wildman–Crippen MR) is 86.0 cm³/mol. The molecule has 20 heavy (non-hydrogen) atoms. The molecule has 0 radical (unpaired) electrons. The van der Waals surface area contributed by atoms with E-state index in [2.05, 4.69) is 17.1 Å². The van der Waals surface area contributed by atoms with Gasteiger partial charge in [-0.05, 0) is 69.9 Å². The molecular formula is C18H34N2. The van der Waals surface area contributed by atoms with E-state index < -0.39 is 0 Å². The van der Waals surface area contributed by atoms with E-state index in [9.17, 15) is 0 Å². The molecule has 3 rings (SSSR count). The standard InChI is InChI=1S/C18H34N2/c1-2-12-19-17-10-5-8-16(17)14-20-13-6-9-15-7-3-4-11-18(15)20/h15-19H,2-14H2,1H3/t15-,16?,17?,18-/m1/s1. The molecule has 0 aromatic carbocycles. The SMILES string of the molecule is CCCNC1CCCC1CN1CCC[C@H]2CCCC[C@H]21. The van der Waals surface area contributed by atoms with Crippen molar-refractivity contribution in [1.82, 2.24) is 10.2 Å². The normalized spacial score (nSPS) is 38.9. The van der Waals surface area contributed by atoms with E-state index >= 15 is 0 Å². The fourth-order valence-electron chi connectivity index (χ4n) is 5.11. The monoisotopic (exact) mass is 278 g/mol. The summed E-state index contributed by atoms with van der Waals surface area (Å²) in [4.78, 5) is 2.91. The Bertz CT molecular complexity index is 289. The Morgan fingerprint density at radius 3 is 2.70 bits per heavy atom. The number of hydrogen-bond acceptors (Lipinski definition) is 2. The van der Waals surface area contributed by atoms with Crippen LogP contribution >= 0.6 is 0 Å². The molecule has 2 heteroatoms. The van der Waals surface area contributed by atoms with Crippen LogP contribution in [0.25, 0.3) is 0 Å². The summed E-state index contributed by atoms with van der Waals surface area (Å²) in [5.74, 6) is 1.98. The molecule has 0 amide bonds. The zero-order chi connectivity index (χ0) is 13.8. The first-order valence-corrected chi connectivity index (χ1v) is 9.36. The van der Waals surface area contributed by atoms with Crippen molar-refractivity contribution in [2.24, 2.45) is 11.8 Å². The second-order valence-corrected chi connectivity index (χ2v) is 7.50. The van der Waals surface area contributed by atoms with Crippen LogP contribution in [-0.4, -0.2) is 36.6 Å². The third kappa shape index (κ3) is 3.39. The highest BCUT2D eigenvalue weighted by Gasteiger charge is 2.36. The average molecular weight is 278 g/mol. The lowest BCUT2D eigenvalue weighted by molar-refractivity contribution is 0.0453. The molecule has 1 N–H and O–H groups in total. The largest absolute Gasteiger partial charge is 0.314 e. The number of piperidine rings is 1. The van der Waals surface area contributed by atoms with E-state index in [0.717, 1.165) is 23.9 Å². The molecule has 4 atom stereocenters. The molecule has 2 nitrogen and oxygen atoms in total. The van der Waals surface area contributed by atoms with Gasteiger partial charge in [-0.25, -0.2) is 0 Å². The molecule has 116 valence electrons. The van der Waals surface area contributed by atoms with Crippen LogP contribution in [0.4, 0.5) is 0 Å². The molecule has 2 saturated carbocycles. The average Bonchev–Trinajstić information content (AvgIpc) is 2.93. The number of rotatable bonds is 5. The summed E-state index contributed by atoms with van der Waals surface area (Å²) in [5.41, 5.74) is 0. The van der Waals surface area contributed by atoms with E-state index in [1.807, 2.05) is 0 Å². The molecule has 1 heterocycles. The van der Waals surface area contributed by atoms with Crippen molar-refractivity contribution in [2.45, 2.75) is 83.2 Å². The van der Waals surface area contributed by atoms with Crippen LogP contribution in [-0.2, 0) is 0 Å². The van der Waals surface area contributed by atoms with Gasteiger partial charge in [0.05, 0.1) is 0 Å². The fourth-order valence-corrected chi connectivity index (χ4v) is 5.11. The van der Waals surface area contributed by atoms with E-state index in [4.69, 9.17) is 0 Å². The van der Waals surface area contributed by atoms with Gasteiger partial charge in [0.25, 0.3) is 0 Å². The van der Waals surface area contributed by atoms with Gasteiger partial charge in [-0.1, -0.05) is 26.2 Å². The Kier molecular flexibility index (Phi) is 5.39. The van der Waals surface area contributed by atoms with Gasteiger partial charge < -0.3 is 5.32 Å². The van der Waals surface area contributed by atoms with E-state index in [1.54, 1.807) is 0 Å². The minimum Gasteiger partial charge on any atom is -0.314 e. The molecule has 1 aliphatic heterocycles. The molecule has 3 aliphatic rings. The maximum absolute atomic E-state index is 3.82. The quantitative estimate of drug-likeness (QED) is 0.822. The second kappa shape index (κ2) is 7.26. The number of hydrogen-bond donors (Lipinski definition) is 1. The lowest BCUT2D eigenvalue weighted by atomic mass is 9.78. The van der Waals surface area contributed by atoms with Crippen molar-refractivity contribution >= 4 is 0 Å². The Hall–Kier alpha value is -0.0800. The van der Waals surface area contributed by atoms with Crippen molar-refractivity contribution in [3.8, 4) is 0 Å². The smallest absolute Gasteiger partial charge is 0.0124 e. The highest BCUT2D eigenvalue weighted by Crippen LogP contribution is 2.37. The molecule has 2 unspecified atom stereocenters. The topological polar surface area (TPSA) is 15.3 Å². The van der Waals surface area contributed by atoms with Crippen LogP contribution in [0.5, 0.6) is 0 Å². The summed E-state index contributed by atoms with van der Waals surface area (Å²) in [6.07, 6.45) is 14.6. The third-order valence-corrected chi connectivity index (χ3v) is 6.14. The number of nitrogens with zero attached hydrogens (tertiary/aromatic N) is 1. The molecule has 0 aromatic heterocycles. The number of likely N-dealkylation sites (tertiary alicyclic amines) is 1. The van der Waals surface area contributed by atoms with Gasteiger partial charge in [0, 0.05) is 18.6 Å². The first kappa shape index (κ1) is 14.8. The minimum absolute atomic E-state index is 0.818. The summed E-state index contributed by atoms with van der Waals surface area (Å²) in [6.45, 7) is 6.28. The van der Waals surface area contributed by atoms with Crippen molar-refractivity contribution in [3.05, 3.63) is 0 Å². The zero-order valence-electron chi connectivity index (χ0n) is 13.4. The van der Waals surface area contributed by atoms with E-state index in [0.29, 0.717) is 0 Å². The first-order valence-electron chi connectivity index (χ1n) is 9.36. The molecule has 0 aromatic rings. The van der Waals surface area contributed by atoms with Crippen molar-refractivity contribution in [2.75, 3.05) is 19.6 Å². The van der Waals surface area contributed by atoms with Gasteiger partial charge in [-0.2, -0.15) is 0 Å². The maximum Gasteiger partial charge on any atom is 0.0124 e. The number of fused-ring (bicyclic) bond motifs is 1. The summed E-state index contributed by atoms with van der Waals surface area (Å²) in [5, 5.41) is 3.82. The zero-order valence-corrected chi connectivity index (χ0v) is 13.4. The van der Waals surface area contributed by atoms with Crippen molar-refractivity contribution in [3.63, 3.8) is 0 Å². The van der Waals surface area contributed by atoms with Crippen LogP contribution in [0, 0.1) is 11.8 Å². The molecule has 2 aliphatic carbocycles. The van der Waals surface area contributed by atoms with Crippen molar-refractivity contribution in [1.29, 1.82) is 0 Å². The molecule has 0 bridgehead atoms. The third-order valence-electron chi connectivity index (χ3n) is 6.14. The Morgan fingerprint density at radius 2 is 1.80 bits per heavy atom. The van der Waals surface area contributed by atoms with Crippen LogP contribution in [0.2, 0.25) is 0 Å². The maximum atomic E-state index is 3.82. The second-order valence-electron chi connectivity index (χ2n) is 7.50. The molecule has 0 spiro atoms. The van der Waals surface area contributed by atoms with Gasteiger partial charge in [0.15, 0.2) is 0 Å². The summed E-state index contributed by atoms with van der Waals surface area (Å²) >= 11 is 0. The first-order chi connectivity index (χ1) is 9.88. The highest BCUT2D eigenvalue weighted by molar-refractivity contribution is 4.91. The predicted octanol–water partition coefficient (Wildman–Crippen LogP) is 3.81. The van der Waals surface area contributed by atoms with E-state index in [-0.39, 0.29) is 0 Å². The van der Waals surface area contributed by atoms with Gasteiger partial charge in [0.1, 0.15) is 0 Å². The van der Waals surface area contributed by atoms with Gasteiger partial charge in [0.2, 0.25) is 0 Å². The lowest BCUT2D eigenvalue weighted by Crippen LogP contribution is -2.50. The lowest BCUT2D eigenvalue weighted by Gasteiger charge is -2.45. The van der Waals surface area contributed by atoms with Gasteiger partial charge >= 0.3 is 0 Å². The van der Waals surface area contributed by atoms with Crippen LogP contribution in [0.1, 0.15) is 71.1 Å². The molecule has 1 saturated heterocycles. The fraction of sp³-hybridized carbons (Fsp3) is 1.00. The van der Waals surface area contributed by atoms with Crippen LogP contribution < -0.4 is 5.32 Å². The molecular weight excluding hydrogens is 244 g/mol. The number of nitrogens with one attached hydrogen (secondary N) is 1. The van der Waals surface area contributed by atoms with Gasteiger partial charge in [-0.3, -0.25) is 4.90 Å². The molecule has 3 fully saturated rings. The summed E-state index contributed by atoms with van der Waals surface area (Å²) < 4.78 is 0. The Morgan fingerprint density at radius 1 is 0.950 bits per heavy atom. The Labute approximate surface area is 125 Å². The summed E-state index contributed by atoms with van der Waals surface area (Å²) in [6, 6.07) is 1.77.